The van der Waals surface area contributed by atoms with Gasteiger partial charge in [-0.15, -0.1) is 0 Å². The van der Waals surface area contributed by atoms with Crippen LogP contribution in [-0.2, 0) is 11.8 Å². The summed E-state index contributed by atoms with van der Waals surface area (Å²) in [6.07, 6.45) is 12.0. The van der Waals surface area contributed by atoms with Crippen molar-refractivity contribution >= 4 is 10.9 Å². The van der Waals surface area contributed by atoms with Crippen LogP contribution in [0.4, 0.5) is 0 Å². The number of fused-ring (bicyclic) bond motifs is 1. The molecule has 4 aliphatic carbocycles. The van der Waals surface area contributed by atoms with Crippen molar-refractivity contribution in [3.05, 3.63) is 53.6 Å². The first-order chi connectivity index (χ1) is 16.2. The normalized spacial score (nSPS) is 28.0. The maximum absolute atomic E-state index is 6.02. The van der Waals surface area contributed by atoms with Crippen molar-refractivity contribution in [2.45, 2.75) is 70.1 Å². The summed E-state index contributed by atoms with van der Waals surface area (Å²) in [4.78, 5) is 3.80. The van der Waals surface area contributed by atoms with Gasteiger partial charge in [-0.2, -0.15) is 0 Å². The second kappa shape index (κ2) is 8.51. The minimum Gasteiger partial charge on any atom is -0.493 e. The Morgan fingerprint density at radius 1 is 0.970 bits per heavy atom. The monoisotopic (exact) mass is 442 g/mol. The van der Waals surface area contributed by atoms with Gasteiger partial charge in [0.05, 0.1) is 12.3 Å². The number of para-hydroxylation sites is 1. The van der Waals surface area contributed by atoms with E-state index in [1.807, 2.05) is 0 Å². The summed E-state index contributed by atoms with van der Waals surface area (Å²) in [5.41, 5.74) is 13.0. The van der Waals surface area contributed by atoms with Crippen LogP contribution in [0.1, 0.15) is 69.4 Å². The quantitative estimate of drug-likeness (QED) is 0.370. The first kappa shape index (κ1) is 21.3. The third kappa shape index (κ3) is 3.69. The number of nitrogens with two attached hydrogens (primary N) is 1. The van der Waals surface area contributed by atoms with E-state index in [0.717, 1.165) is 49.3 Å². The standard InChI is InChI=1S/C30H38N2O/c1-2-33-28-9-4-3-8-25(28)29-24(7-5-6-12-31)26-16-23(10-11-27(26)32-29)30-17-20-13-21(18-30)15-22(14-20)19-30/h3-4,8-11,16,20-22,32H,2,5-7,12-15,17-19,31H2,1H3. The number of unbranched alkanes of at least 4 members (excludes halogenated alkanes) is 1. The van der Waals surface area contributed by atoms with Crippen molar-refractivity contribution < 1.29 is 4.74 Å². The third-order valence-electron chi connectivity index (χ3n) is 8.89. The van der Waals surface area contributed by atoms with Crippen LogP contribution in [0.15, 0.2) is 42.5 Å². The molecule has 33 heavy (non-hydrogen) atoms. The largest absolute Gasteiger partial charge is 0.493 e. The topological polar surface area (TPSA) is 51.0 Å². The SMILES string of the molecule is CCOc1ccccc1-c1[nH]c2ccc(C34CC5CC(CC(C5)C3)C4)cc2c1CCCCN. The average Bonchev–Trinajstić information content (AvgIpc) is 3.17. The second-order valence-electron chi connectivity index (χ2n) is 11.1. The zero-order chi connectivity index (χ0) is 22.4. The molecule has 2 aromatic carbocycles. The fourth-order valence-corrected chi connectivity index (χ4v) is 7.93. The zero-order valence-corrected chi connectivity index (χ0v) is 20.0. The minimum atomic E-state index is 0.429. The van der Waals surface area contributed by atoms with Gasteiger partial charge < -0.3 is 15.5 Å². The molecule has 0 radical (unpaired) electrons. The van der Waals surface area contributed by atoms with E-state index in [0.29, 0.717) is 12.0 Å². The zero-order valence-electron chi connectivity index (χ0n) is 20.0. The van der Waals surface area contributed by atoms with E-state index in [4.69, 9.17) is 10.5 Å². The molecule has 0 unspecified atom stereocenters. The Balaban J connectivity index is 1.46. The number of benzene rings is 2. The van der Waals surface area contributed by atoms with Crippen LogP contribution in [0.25, 0.3) is 22.2 Å². The molecule has 1 heterocycles. The highest BCUT2D eigenvalue weighted by Gasteiger charge is 2.51. The predicted octanol–water partition coefficient (Wildman–Crippen LogP) is 6.98. The highest BCUT2D eigenvalue weighted by atomic mass is 16.5. The fraction of sp³-hybridized carbons (Fsp3) is 0.533. The summed E-state index contributed by atoms with van der Waals surface area (Å²) >= 11 is 0. The molecule has 4 saturated carbocycles. The molecule has 4 fully saturated rings. The number of H-pyrrole nitrogens is 1. The highest BCUT2D eigenvalue weighted by Crippen LogP contribution is 2.61. The van der Waals surface area contributed by atoms with Crippen molar-refractivity contribution in [3.8, 4) is 17.0 Å². The molecule has 0 amide bonds. The van der Waals surface area contributed by atoms with Crippen molar-refractivity contribution in [2.24, 2.45) is 23.5 Å². The van der Waals surface area contributed by atoms with Crippen LogP contribution in [0.5, 0.6) is 5.75 Å². The molecule has 3 aromatic rings. The van der Waals surface area contributed by atoms with Crippen molar-refractivity contribution in [1.29, 1.82) is 0 Å². The minimum absolute atomic E-state index is 0.429. The van der Waals surface area contributed by atoms with Gasteiger partial charge in [-0.25, -0.2) is 0 Å². The summed E-state index contributed by atoms with van der Waals surface area (Å²) in [6.45, 7) is 3.49. The lowest BCUT2D eigenvalue weighted by Gasteiger charge is -2.57. The number of ether oxygens (including phenoxy) is 1. The summed E-state index contributed by atoms with van der Waals surface area (Å²) in [7, 11) is 0. The number of hydrogen-bond acceptors (Lipinski definition) is 2. The Labute approximate surface area is 198 Å². The van der Waals surface area contributed by atoms with Gasteiger partial charge in [0.1, 0.15) is 5.75 Å². The first-order valence-corrected chi connectivity index (χ1v) is 13.3. The van der Waals surface area contributed by atoms with Crippen molar-refractivity contribution in [3.63, 3.8) is 0 Å². The Hall–Kier alpha value is -2.26. The summed E-state index contributed by atoms with van der Waals surface area (Å²) in [5.74, 6) is 3.87. The molecule has 4 aliphatic rings. The maximum atomic E-state index is 6.02. The van der Waals surface area contributed by atoms with Gasteiger partial charge in [-0.1, -0.05) is 18.2 Å². The predicted molar refractivity (Wildman–Crippen MR) is 137 cm³/mol. The molecule has 3 nitrogen and oxygen atoms in total. The van der Waals surface area contributed by atoms with Gasteiger partial charge in [0.25, 0.3) is 0 Å². The number of hydrogen-bond donors (Lipinski definition) is 2. The molecule has 0 aliphatic heterocycles. The number of aromatic amines is 1. The van der Waals surface area contributed by atoms with E-state index < -0.39 is 0 Å². The van der Waals surface area contributed by atoms with Crippen molar-refractivity contribution in [1.82, 2.24) is 4.98 Å². The number of aromatic nitrogens is 1. The van der Waals surface area contributed by atoms with E-state index in [2.05, 4.69) is 54.4 Å². The molecule has 0 saturated heterocycles. The Kier molecular flexibility index (Phi) is 5.49. The van der Waals surface area contributed by atoms with E-state index in [1.165, 1.54) is 66.2 Å². The van der Waals surface area contributed by atoms with Gasteiger partial charge in [0.15, 0.2) is 0 Å². The average molecular weight is 443 g/mol. The summed E-state index contributed by atoms with van der Waals surface area (Å²) in [5, 5.41) is 1.42. The maximum Gasteiger partial charge on any atom is 0.128 e. The van der Waals surface area contributed by atoms with Crippen LogP contribution in [-0.4, -0.2) is 18.1 Å². The molecule has 7 rings (SSSR count). The van der Waals surface area contributed by atoms with E-state index in [1.54, 1.807) is 5.56 Å². The van der Waals surface area contributed by atoms with E-state index in [9.17, 15) is 0 Å². The Bertz CT molecular complexity index is 1110. The fourth-order valence-electron chi connectivity index (χ4n) is 7.93. The lowest BCUT2D eigenvalue weighted by atomic mass is 9.48. The second-order valence-corrected chi connectivity index (χ2v) is 11.1. The Morgan fingerprint density at radius 3 is 2.39 bits per heavy atom. The molecule has 0 spiro atoms. The molecule has 174 valence electrons. The molecule has 3 heteroatoms. The lowest BCUT2D eigenvalue weighted by molar-refractivity contribution is -0.00513. The molecule has 4 bridgehead atoms. The van der Waals surface area contributed by atoms with Crippen LogP contribution in [0.2, 0.25) is 0 Å². The van der Waals surface area contributed by atoms with Crippen LogP contribution in [0.3, 0.4) is 0 Å². The Morgan fingerprint density at radius 2 is 1.70 bits per heavy atom. The van der Waals surface area contributed by atoms with Crippen molar-refractivity contribution in [2.75, 3.05) is 13.2 Å². The summed E-state index contributed by atoms with van der Waals surface area (Å²) < 4.78 is 6.02. The third-order valence-corrected chi connectivity index (χ3v) is 8.89. The molecular weight excluding hydrogens is 404 g/mol. The van der Waals surface area contributed by atoms with Gasteiger partial charge in [-0.3, -0.25) is 0 Å². The first-order valence-electron chi connectivity index (χ1n) is 13.3. The van der Waals surface area contributed by atoms with Crippen LogP contribution in [0, 0.1) is 17.8 Å². The number of aryl methyl sites for hydroxylation is 1. The van der Waals surface area contributed by atoms with Crippen LogP contribution < -0.4 is 10.5 Å². The lowest BCUT2D eigenvalue weighted by Crippen LogP contribution is -2.48. The number of rotatable bonds is 8. The van der Waals surface area contributed by atoms with Gasteiger partial charge >= 0.3 is 0 Å². The van der Waals surface area contributed by atoms with Gasteiger partial charge in [-0.05, 0) is 130 Å². The molecule has 1 aromatic heterocycles. The molecule has 3 N–H and O–H groups in total. The van der Waals surface area contributed by atoms with Crippen LogP contribution >= 0.6 is 0 Å². The summed E-state index contributed by atoms with van der Waals surface area (Å²) in [6, 6.07) is 15.9. The molecular formula is C30H38N2O. The smallest absolute Gasteiger partial charge is 0.128 e. The number of nitrogens with one attached hydrogen (secondary N) is 1. The van der Waals surface area contributed by atoms with E-state index >= 15 is 0 Å². The highest BCUT2D eigenvalue weighted by molar-refractivity contribution is 5.92. The van der Waals surface area contributed by atoms with Gasteiger partial charge in [0, 0.05) is 16.5 Å². The molecule has 0 atom stereocenters. The van der Waals surface area contributed by atoms with Gasteiger partial charge in [0.2, 0.25) is 0 Å². The van der Waals surface area contributed by atoms with E-state index in [-0.39, 0.29) is 0 Å².